The van der Waals surface area contributed by atoms with E-state index in [2.05, 4.69) is 17.1 Å². The fourth-order valence-electron chi connectivity index (χ4n) is 3.45. The van der Waals surface area contributed by atoms with Crippen molar-refractivity contribution < 1.29 is 4.79 Å². The zero-order valence-electron chi connectivity index (χ0n) is 13.0. The number of hydrogen-bond donors (Lipinski definition) is 2. The third-order valence-corrected chi connectivity index (χ3v) is 4.99. The first-order valence-electron chi connectivity index (χ1n) is 8.35. The van der Waals surface area contributed by atoms with Crippen LogP contribution in [0.1, 0.15) is 58.3 Å². The van der Waals surface area contributed by atoms with E-state index in [1.54, 1.807) is 0 Å². The van der Waals surface area contributed by atoms with Crippen LogP contribution in [0.4, 0.5) is 0 Å². The number of carbonyl (C=O) groups is 1. The number of rotatable bonds is 5. The molecule has 1 amide bonds. The summed E-state index contributed by atoms with van der Waals surface area (Å²) in [5.74, 6) is 1.00. The van der Waals surface area contributed by atoms with Gasteiger partial charge in [-0.05, 0) is 44.7 Å². The first-order chi connectivity index (χ1) is 9.57. The van der Waals surface area contributed by atoms with Gasteiger partial charge in [0.15, 0.2) is 0 Å². The maximum atomic E-state index is 12.0. The van der Waals surface area contributed by atoms with E-state index in [4.69, 9.17) is 5.73 Å². The fourth-order valence-corrected chi connectivity index (χ4v) is 3.45. The lowest BCUT2D eigenvalue weighted by atomic mass is 9.80. The Bertz CT molecular complexity index is 305. The van der Waals surface area contributed by atoms with Gasteiger partial charge in [0.1, 0.15) is 0 Å². The molecule has 2 rings (SSSR count). The SMILES string of the molecule is CC1CCN(CCNC(=O)CC2(N)CCCCC2)CC1. The van der Waals surface area contributed by atoms with Gasteiger partial charge in [0.25, 0.3) is 0 Å². The van der Waals surface area contributed by atoms with Gasteiger partial charge in [-0.1, -0.05) is 26.2 Å². The average molecular weight is 281 g/mol. The van der Waals surface area contributed by atoms with Crippen molar-refractivity contribution in [2.45, 2.75) is 63.8 Å². The Morgan fingerprint density at radius 2 is 1.90 bits per heavy atom. The van der Waals surface area contributed by atoms with Crippen LogP contribution in [0.25, 0.3) is 0 Å². The van der Waals surface area contributed by atoms with Crippen molar-refractivity contribution in [1.29, 1.82) is 0 Å². The van der Waals surface area contributed by atoms with Crippen LogP contribution in [0.2, 0.25) is 0 Å². The summed E-state index contributed by atoms with van der Waals surface area (Å²) in [4.78, 5) is 14.5. The Labute approximate surface area is 123 Å². The van der Waals surface area contributed by atoms with E-state index in [1.165, 1.54) is 45.2 Å². The molecule has 0 atom stereocenters. The molecule has 3 N–H and O–H groups in total. The topological polar surface area (TPSA) is 58.4 Å². The third kappa shape index (κ3) is 5.06. The summed E-state index contributed by atoms with van der Waals surface area (Å²) in [7, 11) is 0. The van der Waals surface area contributed by atoms with Crippen molar-refractivity contribution in [2.24, 2.45) is 11.7 Å². The first-order valence-corrected chi connectivity index (χ1v) is 8.35. The van der Waals surface area contributed by atoms with Crippen LogP contribution in [-0.4, -0.2) is 42.5 Å². The number of piperidine rings is 1. The largest absolute Gasteiger partial charge is 0.355 e. The number of nitrogens with one attached hydrogen (secondary N) is 1. The van der Waals surface area contributed by atoms with Gasteiger partial charge in [-0.3, -0.25) is 4.79 Å². The van der Waals surface area contributed by atoms with Gasteiger partial charge in [0, 0.05) is 25.0 Å². The molecule has 4 nitrogen and oxygen atoms in total. The number of nitrogens with zero attached hydrogens (tertiary/aromatic N) is 1. The molecule has 0 spiro atoms. The van der Waals surface area contributed by atoms with E-state index < -0.39 is 0 Å². The summed E-state index contributed by atoms with van der Waals surface area (Å²) in [6.45, 7) is 6.43. The van der Waals surface area contributed by atoms with Gasteiger partial charge >= 0.3 is 0 Å². The van der Waals surface area contributed by atoms with Crippen molar-refractivity contribution in [3.05, 3.63) is 0 Å². The molecule has 1 saturated carbocycles. The molecule has 0 unspecified atom stereocenters. The lowest BCUT2D eigenvalue weighted by Crippen LogP contribution is -2.47. The molecule has 2 aliphatic rings. The highest BCUT2D eigenvalue weighted by Gasteiger charge is 2.29. The van der Waals surface area contributed by atoms with Crippen molar-refractivity contribution in [3.63, 3.8) is 0 Å². The lowest BCUT2D eigenvalue weighted by Gasteiger charge is -2.33. The highest BCUT2D eigenvalue weighted by molar-refractivity contribution is 5.77. The molecule has 1 aliphatic heterocycles. The minimum Gasteiger partial charge on any atom is -0.355 e. The van der Waals surface area contributed by atoms with Crippen LogP contribution in [0.3, 0.4) is 0 Å². The summed E-state index contributed by atoms with van der Waals surface area (Å²) in [6, 6.07) is 0. The minimum atomic E-state index is -0.233. The lowest BCUT2D eigenvalue weighted by molar-refractivity contribution is -0.122. The minimum absolute atomic E-state index is 0.139. The second kappa shape index (κ2) is 7.41. The van der Waals surface area contributed by atoms with Gasteiger partial charge in [0.2, 0.25) is 5.91 Å². The van der Waals surface area contributed by atoms with Crippen LogP contribution in [0.5, 0.6) is 0 Å². The van der Waals surface area contributed by atoms with Crippen molar-refractivity contribution in [1.82, 2.24) is 10.2 Å². The Morgan fingerprint density at radius 1 is 1.25 bits per heavy atom. The summed E-state index contributed by atoms with van der Waals surface area (Å²) >= 11 is 0. The van der Waals surface area contributed by atoms with E-state index >= 15 is 0 Å². The first kappa shape index (κ1) is 15.8. The molecule has 0 aromatic heterocycles. The van der Waals surface area contributed by atoms with Crippen molar-refractivity contribution >= 4 is 5.91 Å². The summed E-state index contributed by atoms with van der Waals surface area (Å²) in [5, 5.41) is 3.05. The highest BCUT2D eigenvalue weighted by atomic mass is 16.1. The van der Waals surface area contributed by atoms with Gasteiger partial charge in [-0.25, -0.2) is 0 Å². The second-order valence-corrected chi connectivity index (χ2v) is 6.97. The standard InChI is InChI=1S/C16H31N3O/c1-14-5-10-19(11-6-14)12-9-18-15(20)13-16(17)7-3-2-4-8-16/h14H,2-13,17H2,1H3,(H,18,20). The van der Waals surface area contributed by atoms with Crippen LogP contribution in [0.15, 0.2) is 0 Å². The highest BCUT2D eigenvalue weighted by Crippen LogP contribution is 2.28. The molecule has 1 saturated heterocycles. The molecule has 0 bridgehead atoms. The van der Waals surface area contributed by atoms with Gasteiger partial charge in [-0.15, -0.1) is 0 Å². The maximum absolute atomic E-state index is 12.0. The predicted molar refractivity (Wildman–Crippen MR) is 82.5 cm³/mol. The van der Waals surface area contributed by atoms with Gasteiger partial charge in [-0.2, -0.15) is 0 Å². The Kier molecular flexibility index (Phi) is 5.85. The molecule has 1 heterocycles. The number of hydrogen-bond acceptors (Lipinski definition) is 3. The number of carbonyl (C=O) groups excluding carboxylic acids is 1. The molecule has 2 fully saturated rings. The van der Waals surface area contributed by atoms with Crippen molar-refractivity contribution in [2.75, 3.05) is 26.2 Å². The Balaban J connectivity index is 1.60. The number of likely N-dealkylation sites (tertiary alicyclic amines) is 1. The molecule has 0 radical (unpaired) electrons. The quantitative estimate of drug-likeness (QED) is 0.809. The molecular weight excluding hydrogens is 250 g/mol. The van der Waals surface area contributed by atoms with Crippen LogP contribution >= 0.6 is 0 Å². The summed E-state index contributed by atoms with van der Waals surface area (Å²) in [6.07, 6.45) is 8.72. The van der Waals surface area contributed by atoms with Crippen molar-refractivity contribution in [3.8, 4) is 0 Å². The van der Waals surface area contributed by atoms with E-state index in [0.29, 0.717) is 6.42 Å². The Morgan fingerprint density at radius 3 is 2.55 bits per heavy atom. The molecule has 1 aliphatic carbocycles. The van der Waals surface area contributed by atoms with Crippen LogP contribution < -0.4 is 11.1 Å². The summed E-state index contributed by atoms with van der Waals surface area (Å²) < 4.78 is 0. The molecule has 0 aromatic carbocycles. The molecule has 0 aromatic rings. The van der Waals surface area contributed by atoms with Crippen LogP contribution in [0, 0.1) is 5.92 Å². The molecule has 4 heteroatoms. The zero-order valence-corrected chi connectivity index (χ0v) is 13.0. The summed E-state index contributed by atoms with van der Waals surface area (Å²) in [5.41, 5.74) is 6.09. The Hall–Kier alpha value is -0.610. The van der Waals surface area contributed by atoms with E-state index in [9.17, 15) is 4.79 Å². The third-order valence-electron chi connectivity index (χ3n) is 4.99. The fraction of sp³-hybridized carbons (Fsp3) is 0.938. The number of nitrogens with two attached hydrogens (primary N) is 1. The van der Waals surface area contributed by atoms with Gasteiger partial charge in [0.05, 0.1) is 0 Å². The molecular formula is C16H31N3O. The van der Waals surface area contributed by atoms with E-state index in [-0.39, 0.29) is 11.4 Å². The smallest absolute Gasteiger partial charge is 0.221 e. The second-order valence-electron chi connectivity index (χ2n) is 6.97. The van der Waals surface area contributed by atoms with E-state index in [1.807, 2.05) is 0 Å². The molecule has 20 heavy (non-hydrogen) atoms. The molecule has 116 valence electrons. The van der Waals surface area contributed by atoms with Crippen LogP contribution in [-0.2, 0) is 4.79 Å². The zero-order chi connectivity index (χ0) is 14.4. The normalized spacial score (nSPS) is 24.5. The monoisotopic (exact) mass is 281 g/mol. The van der Waals surface area contributed by atoms with E-state index in [0.717, 1.165) is 31.8 Å². The predicted octanol–water partition coefficient (Wildman–Crippen LogP) is 1.89. The van der Waals surface area contributed by atoms with Gasteiger partial charge < -0.3 is 16.0 Å². The maximum Gasteiger partial charge on any atom is 0.221 e. The number of amides is 1. The average Bonchev–Trinajstić information content (AvgIpc) is 2.41.